The summed E-state index contributed by atoms with van der Waals surface area (Å²) in [7, 11) is -3.56. The maximum atomic E-state index is 12.3. The molecule has 2 rings (SSSR count). The molecule has 2 aromatic rings. The van der Waals surface area contributed by atoms with Crippen molar-refractivity contribution in [2.45, 2.75) is 13.0 Å². The molecular weight excluding hydrogens is 296 g/mol. The van der Waals surface area contributed by atoms with Gasteiger partial charge in [0.05, 0.1) is 17.5 Å². The van der Waals surface area contributed by atoms with Gasteiger partial charge in [-0.25, -0.2) is 0 Å². The Balaban J connectivity index is 2.11. The van der Waals surface area contributed by atoms with Crippen molar-refractivity contribution < 1.29 is 25.8 Å². The minimum Gasteiger partial charge on any atom is -0.415 e. The fourth-order valence-electron chi connectivity index (χ4n) is 1.24. The third-order valence-corrected chi connectivity index (χ3v) is 2.67. The maximum Gasteiger partial charge on any atom is 0.314 e. The fraction of sp³-hybridized carbons (Fsp3) is 0.300. The Labute approximate surface area is 112 Å². The summed E-state index contributed by atoms with van der Waals surface area (Å²) in [6.45, 7) is -0.217. The third-order valence-electron chi connectivity index (χ3n) is 2.12. The van der Waals surface area contributed by atoms with Crippen molar-refractivity contribution in [2.24, 2.45) is 0 Å². The summed E-state index contributed by atoms with van der Waals surface area (Å²) in [6.07, 6.45) is -0.623. The molecule has 0 unspecified atom stereocenters. The lowest BCUT2D eigenvalue weighted by atomic mass is 10.2. The number of pyridine rings is 1. The second-order valence-electron chi connectivity index (χ2n) is 3.75. The standard InChI is InChI=1S/C10H9F2N3O4S/c1-20(16,17)18-5-7-3-2-6(4-13-7)9-14-15-10(19-9)8(11)12/h2-4,8H,5H2,1H3. The molecule has 0 aromatic carbocycles. The Morgan fingerprint density at radius 3 is 2.60 bits per heavy atom. The minimum atomic E-state index is -3.56. The lowest BCUT2D eigenvalue weighted by Gasteiger charge is -2.01. The quantitative estimate of drug-likeness (QED) is 0.773. The van der Waals surface area contributed by atoms with Gasteiger partial charge in [0.25, 0.3) is 16.0 Å². The van der Waals surface area contributed by atoms with Crippen molar-refractivity contribution >= 4 is 10.1 Å². The Kier molecular flexibility index (Phi) is 4.04. The van der Waals surface area contributed by atoms with E-state index in [-0.39, 0.29) is 12.5 Å². The molecule has 0 aliphatic heterocycles. The molecule has 0 bridgehead atoms. The van der Waals surface area contributed by atoms with E-state index in [1.54, 1.807) is 0 Å². The molecule has 2 aromatic heterocycles. The van der Waals surface area contributed by atoms with Crippen LogP contribution in [0.4, 0.5) is 8.78 Å². The number of hydrogen-bond donors (Lipinski definition) is 0. The van der Waals surface area contributed by atoms with Gasteiger partial charge in [0.15, 0.2) is 0 Å². The van der Waals surface area contributed by atoms with E-state index >= 15 is 0 Å². The van der Waals surface area contributed by atoms with E-state index in [1.807, 2.05) is 0 Å². The molecular formula is C10H9F2N3O4S. The predicted octanol–water partition coefficient (Wildman–Crippen LogP) is 1.55. The van der Waals surface area contributed by atoms with Crippen LogP contribution in [0.2, 0.25) is 0 Å². The molecule has 0 N–H and O–H groups in total. The van der Waals surface area contributed by atoms with Crippen LogP contribution in [0.5, 0.6) is 0 Å². The van der Waals surface area contributed by atoms with Crippen LogP contribution in [0.15, 0.2) is 22.7 Å². The van der Waals surface area contributed by atoms with E-state index in [0.29, 0.717) is 11.3 Å². The molecule has 0 spiro atoms. The number of rotatable bonds is 5. The number of hydrogen-bond acceptors (Lipinski definition) is 7. The summed E-state index contributed by atoms with van der Waals surface area (Å²) in [6, 6.07) is 2.95. The molecule has 0 radical (unpaired) electrons. The first-order valence-corrected chi connectivity index (χ1v) is 7.08. The maximum absolute atomic E-state index is 12.3. The van der Waals surface area contributed by atoms with E-state index in [2.05, 4.69) is 19.4 Å². The summed E-state index contributed by atoms with van der Waals surface area (Å²) in [5, 5.41) is 6.64. The summed E-state index contributed by atoms with van der Waals surface area (Å²) in [5.74, 6) is -0.868. The van der Waals surface area contributed by atoms with Crippen LogP contribution < -0.4 is 0 Å². The molecule has 7 nitrogen and oxygen atoms in total. The van der Waals surface area contributed by atoms with Gasteiger partial charge < -0.3 is 4.42 Å². The van der Waals surface area contributed by atoms with Crippen LogP contribution >= 0.6 is 0 Å². The van der Waals surface area contributed by atoms with Gasteiger partial charge in [-0.3, -0.25) is 9.17 Å². The molecule has 0 amide bonds. The zero-order chi connectivity index (χ0) is 14.8. The van der Waals surface area contributed by atoms with Crippen LogP contribution in [-0.2, 0) is 20.9 Å². The Morgan fingerprint density at radius 1 is 1.35 bits per heavy atom. The first kappa shape index (κ1) is 14.5. The van der Waals surface area contributed by atoms with Crippen molar-refractivity contribution in [2.75, 3.05) is 6.26 Å². The smallest absolute Gasteiger partial charge is 0.314 e. The lowest BCUT2D eigenvalue weighted by Crippen LogP contribution is -2.03. The van der Waals surface area contributed by atoms with Gasteiger partial charge in [0, 0.05) is 6.20 Å². The largest absolute Gasteiger partial charge is 0.415 e. The number of aromatic nitrogens is 3. The van der Waals surface area contributed by atoms with E-state index in [1.165, 1.54) is 18.3 Å². The van der Waals surface area contributed by atoms with E-state index in [9.17, 15) is 17.2 Å². The van der Waals surface area contributed by atoms with E-state index in [0.717, 1.165) is 6.26 Å². The number of alkyl halides is 2. The van der Waals surface area contributed by atoms with Crippen molar-refractivity contribution in [3.8, 4) is 11.5 Å². The molecule has 108 valence electrons. The fourth-order valence-corrected chi connectivity index (χ4v) is 1.58. The van der Waals surface area contributed by atoms with Crippen molar-refractivity contribution in [3.63, 3.8) is 0 Å². The third kappa shape index (κ3) is 3.78. The highest BCUT2D eigenvalue weighted by atomic mass is 32.2. The van der Waals surface area contributed by atoms with Gasteiger partial charge in [-0.05, 0) is 12.1 Å². The van der Waals surface area contributed by atoms with Crippen molar-refractivity contribution in [1.29, 1.82) is 0 Å². The predicted molar refractivity (Wildman–Crippen MR) is 62.1 cm³/mol. The number of halogens is 2. The molecule has 0 atom stereocenters. The van der Waals surface area contributed by atoms with Crippen molar-refractivity contribution in [3.05, 3.63) is 29.9 Å². The van der Waals surface area contributed by atoms with Gasteiger partial charge in [-0.2, -0.15) is 17.2 Å². The minimum absolute atomic E-state index is 0.0941. The highest BCUT2D eigenvalue weighted by molar-refractivity contribution is 7.85. The zero-order valence-electron chi connectivity index (χ0n) is 10.2. The van der Waals surface area contributed by atoms with Gasteiger partial charge >= 0.3 is 6.43 Å². The van der Waals surface area contributed by atoms with Gasteiger partial charge in [0.1, 0.15) is 6.61 Å². The first-order valence-electron chi connectivity index (χ1n) is 5.26. The molecule has 0 saturated heterocycles. The Morgan fingerprint density at radius 2 is 2.10 bits per heavy atom. The average Bonchev–Trinajstić information content (AvgIpc) is 2.86. The van der Waals surface area contributed by atoms with Gasteiger partial charge in [0.2, 0.25) is 5.89 Å². The Bertz CT molecular complexity index is 685. The van der Waals surface area contributed by atoms with Crippen LogP contribution in [0.3, 0.4) is 0 Å². The summed E-state index contributed by atoms with van der Waals surface area (Å²) >= 11 is 0. The molecule has 0 saturated carbocycles. The van der Waals surface area contributed by atoms with E-state index in [4.69, 9.17) is 4.42 Å². The topological polar surface area (TPSA) is 95.2 Å². The zero-order valence-corrected chi connectivity index (χ0v) is 11.0. The summed E-state index contributed by atoms with van der Waals surface area (Å²) < 4.78 is 55.5. The summed E-state index contributed by atoms with van der Waals surface area (Å²) in [4.78, 5) is 3.91. The van der Waals surface area contributed by atoms with Crippen LogP contribution in [0.1, 0.15) is 18.0 Å². The number of nitrogens with zero attached hydrogens (tertiary/aromatic N) is 3. The Hall–Kier alpha value is -1.94. The SMILES string of the molecule is CS(=O)(=O)OCc1ccc(-c2nnc(C(F)F)o2)cn1. The highest BCUT2D eigenvalue weighted by Crippen LogP contribution is 2.22. The van der Waals surface area contributed by atoms with Crippen molar-refractivity contribution in [1.82, 2.24) is 15.2 Å². The molecule has 0 aliphatic rings. The normalized spacial score (nSPS) is 12.0. The molecule has 10 heteroatoms. The summed E-state index contributed by atoms with van der Waals surface area (Å²) in [5.41, 5.74) is 0.695. The molecule has 20 heavy (non-hydrogen) atoms. The van der Waals surface area contributed by atoms with Crippen LogP contribution in [0, 0.1) is 0 Å². The highest BCUT2D eigenvalue weighted by Gasteiger charge is 2.17. The van der Waals surface area contributed by atoms with Gasteiger partial charge in [-0.15, -0.1) is 10.2 Å². The molecule has 0 fully saturated rings. The second-order valence-corrected chi connectivity index (χ2v) is 5.39. The van der Waals surface area contributed by atoms with Crippen LogP contribution in [0.25, 0.3) is 11.5 Å². The molecule has 0 aliphatic carbocycles. The lowest BCUT2D eigenvalue weighted by molar-refractivity contribution is 0.116. The molecule has 2 heterocycles. The first-order chi connectivity index (χ1) is 9.35. The van der Waals surface area contributed by atoms with Crippen LogP contribution in [-0.4, -0.2) is 29.9 Å². The van der Waals surface area contributed by atoms with Gasteiger partial charge in [-0.1, -0.05) is 0 Å². The van der Waals surface area contributed by atoms with E-state index < -0.39 is 22.4 Å². The monoisotopic (exact) mass is 305 g/mol. The average molecular weight is 305 g/mol. The second kappa shape index (κ2) is 5.59.